The number of H-pyrrole nitrogens is 1. The number of aromatic nitrogens is 2. The molecule has 1 aromatic carbocycles. The van der Waals surface area contributed by atoms with Gasteiger partial charge in [-0.15, -0.1) is 0 Å². The zero-order chi connectivity index (χ0) is 12.1. The Labute approximate surface area is 99.0 Å². The molecule has 1 aromatic heterocycles. The summed E-state index contributed by atoms with van der Waals surface area (Å²) in [6.45, 7) is 1.34. The van der Waals surface area contributed by atoms with E-state index in [9.17, 15) is 4.79 Å². The second-order valence-corrected chi connectivity index (χ2v) is 3.90. The second-order valence-electron chi connectivity index (χ2n) is 3.90. The van der Waals surface area contributed by atoms with Crippen molar-refractivity contribution < 1.29 is 9.20 Å². The Hall–Kier alpha value is -1.88. The van der Waals surface area contributed by atoms with E-state index in [1.54, 1.807) is 11.7 Å². The lowest BCUT2D eigenvalue weighted by Gasteiger charge is -2.01. The van der Waals surface area contributed by atoms with Crippen molar-refractivity contribution in [1.29, 1.82) is 0 Å². The van der Waals surface area contributed by atoms with Gasteiger partial charge in [0.15, 0.2) is 7.05 Å². The standard InChI is InChI=1S/C12H15N3O2/c1-15-11(12(16)17-14-15)9-13-8-7-10-5-3-2-4-6-10/h2-6,13H,7-9H2,1H3/p+1. The highest BCUT2D eigenvalue weighted by Gasteiger charge is 2.15. The Kier molecular flexibility index (Phi) is 3.72. The number of aryl methyl sites for hydroxylation is 1. The van der Waals surface area contributed by atoms with Crippen LogP contribution in [0.5, 0.6) is 0 Å². The van der Waals surface area contributed by atoms with Gasteiger partial charge in [-0.2, -0.15) is 0 Å². The number of hydrogen-bond acceptors (Lipinski definition) is 3. The summed E-state index contributed by atoms with van der Waals surface area (Å²) in [7, 11) is 1.75. The summed E-state index contributed by atoms with van der Waals surface area (Å²) in [6, 6.07) is 10.2. The van der Waals surface area contributed by atoms with E-state index in [4.69, 9.17) is 0 Å². The van der Waals surface area contributed by atoms with Crippen LogP contribution in [0.4, 0.5) is 0 Å². The third-order valence-corrected chi connectivity index (χ3v) is 2.64. The molecule has 0 aliphatic carbocycles. The van der Waals surface area contributed by atoms with Gasteiger partial charge in [0.25, 0.3) is 0 Å². The summed E-state index contributed by atoms with van der Waals surface area (Å²) < 4.78 is 6.23. The summed E-state index contributed by atoms with van der Waals surface area (Å²) in [6.07, 6.45) is 0.945. The fourth-order valence-corrected chi connectivity index (χ4v) is 1.64. The van der Waals surface area contributed by atoms with E-state index < -0.39 is 0 Å². The van der Waals surface area contributed by atoms with Gasteiger partial charge in [-0.3, -0.25) is 4.52 Å². The first-order valence-corrected chi connectivity index (χ1v) is 5.58. The predicted molar refractivity (Wildman–Crippen MR) is 62.4 cm³/mol. The second kappa shape index (κ2) is 5.45. The Balaban J connectivity index is 1.79. The fraction of sp³-hybridized carbons (Fsp3) is 0.333. The van der Waals surface area contributed by atoms with Crippen molar-refractivity contribution in [2.75, 3.05) is 6.54 Å². The van der Waals surface area contributed by atoms with Gasteiger partial charge < -0.3 is 5.32 Å². The maximum absolute atomic E-state index is 11.2. The third-order valence-electron chi connectivity index (χ3n) is 2.64. The first kappa shape index (κ1) is 11.6. The number of nitrogens with zero attached hydrogens (tertiary/aromatic N) is 1. The molecule has 2 N–H and O–H groups in total. The van der Waals surface area contributed by atoms with E-state index in [2.05, 4.69) is 27.2 Å². The van der Waals surface area contributed by atoms with Crippen molar-refractivity contribution in [1.82, 2.24) is 10.6 Å². The van der Waals surface area contributed by atoms with Crippen LogP contribution in [-0.2, 0) is 20.0 Å². The van der Waals surface area contributed by atoms with Crippen LogP contribution in [0.1, 0.15) is 11.3 Å². The lowest BCUT2D eigenvalue weighted by atomic mass is 10.1. The zero-order valence-electron chi connectivity index (χ0n) is 9.77. The molecule has 0 radical (unpaired) electrons. The van der Waals surface area contributed by atoms with Gasteiger partial charge in [0, 0.05) is 0 Å². The fourth-order valence-electron chi connectivity index (χ4n) is 1.64. The minimum atomic E-state index is -0.320. The molecule has 2 rings (SSSR count). The summed E-state index contributed by atoms with van der Waals surface area (Å²) >= 11 is 0. The molecule has 0 saturated heterocycles. The van der Waals surface area contributed by atoms with Crippen LogP contribution in [0.2, 0.25) is 0 Å². The quantitative estimate of drug-likeness (QED) is 0.571. The maximum atomic E-state index is 11.2. The molecule has 5 nitrogen and oxygen atoms in total. The molecule has 0 unspecified atom stereocenters. The van der Waals surface area contributed by atoms with Crippen molar-refractivity contribution in [2.45, 2.75) is 13.0 Å². The van der Waals surface area contributed by atoms with Gasteiger partial charge >= 0.3 is 11.3 Å². The summed E-state index contributed by atoms with van der Waals surface area (Å²) in [5.41, 5.74) is 1.56. The van der Waals surface area contributed by atoms with Crippen molar-refractivity contribution in [3.8, 4) is 0 Å². The first-order chi connectivity index (χ1) is 8.27. The molecule has 90 valence electrons. The Morgan fingerprint density at radius 2 is 2.12 bits per heavy atom. The number of nitrogens with one attached hydrogen (secondary N) is 2. The molecule has 17 heavy (non-hydrogen) atoms. The Morgan fingerprint density at radius 1 is 1.35 bits per heavy atom. The minimum absolute atomic E-state index is 0.320. The number of aromatic amines is 1. The first-order valence-electron chi connectivity index (χ1n) is 5.58. The van der Waals surface area contributed by atoms with Gasteiger partial charge in [0.2, 0.25) is 0 Å². The van der Waals surface area contributed by atoms with E-state index in [1.807, 2.05) is 18.2 Å². The smallest absolute Gasteiger partial charge is 0.307 e. The molecule has 2 aromatic rings. The highest BCUT2D eigenvalue weighted by molar-refractivity contribution is 5.14. The summed E-state index contributed by atoms with van der Waals surface area (Å²) in [5.74, 6) is 0. The van der Waals surface area contributed by atoms with Crippen molar-refractivity contribution in [3.63, 3.8) is 0 Å². The highest BCUT2D eigenvalue weighted by Crippen LogP contribution is 1.98. The lowest BCUT2D eigenvalue weighted by molar-refractivity contribution is -0.746. The molecule has 5 heteroatoms. The van der Waals surface area contributed by atoms with E-state index in [1.165, 1.54) is 5.56 Å². The van der Waals surface area contributed by atoms with Crippen LogP contribution >= 0.6 is 0 Å². The topological polar surface area (TPSA) is 61.9 Å². The number of benzene rings is 1. The predicted octanol–water partition coefficient (Wildman–Crippen LogP) is 0.125. The van der Waals surface area contributed by atoms with Crippen LogP contribution in [0.25, 0.3) is 0 Å². The van der Waals surface area contributed by atoms with Crippen LogP contribution < -0.4 is 15.6 Å². The third kappa shape index (κ3) is 3.04. The molecule has 0 aliphatic heterocycles. The van der Waals surface area contributed by atoms with Crippen LogP contribution in [0.3, 0.4) is 0 Å². The maximum Gasteiger partial charge on any atom is 0.431 e. The van der Waals surface area contributed by atoms with Crippen molar-refractivity contribution in [2.24, 2.45) is 7.05 Å². The van der Waals surface area contributed by atoms with Gasteiger partial charge in [-0.1, -0.05) is 35.0 Å². The van der Waals surface area contributed by atoms with Crippen LogP contribution in [0, 0.1) is 0 Å². The van der Waals surface area contributed by atoms with Gasteiger partial charge in [-0.05, 0) is 23.8 Å². The average molecular weight is 234 g/mol. The molecule has 0 amide bonds. The van der Waals surface area contributed by atoms with Gasteiger partial charge in [0.05, 0.1) is 6.54 Å². The molecular weight excluding hydrogens is 218 g/mol. The molecule has 0 fully saturated rings. The largest absolute Gasteiger partial charge is 0.431 e. The van der Waals surface area contributed by atoms with Gasteiger partial charge in [-0.25, -0.2) is 4.79 Å². The van der Waals surface area contributed by atoms with Crippen molar-refractivity contribution >= 4 is 0 Å². The number of rotatable bonds is 5. The molecule has 0 bridgehead atoms. The zero-order valence-corrected chi connectivity index (χ0v) is 9.77. The molecule has 0 saturated carbocycles. The molecule has 0 spiro atoms. The normalized spacial score (nSPS) is 10.6. The summed E-state index contributed by atoms with van der Waals surface area (Å²) in [5, 5.41) is 5.70. The SMILES string of the molecule is C[n+]1[nH]oc(=O)c1CNCCc1ccccc1. The molecule has 0 aliphatic rings. The molecular formula is C12H16N3O2+. The van der Waals surface area contributed by atoms with E-state index >= 15 is 0 Å². The monoisotopic (exact) mass is 234 g/mol. The van der Waals surface area contributed by atoms with Crippen LogP contribution in [-0.4, -0.2) is 11.8 Å². The van der Waals surface area contributed by atoms with Crippen LogP contribution in [0.15, 0.2) is 39.6 Å². The summed E-state index contributed by atoms with van der Waals surface area (Å²) in [4.78, 5) is 11.2. The Bertz CT molecular complexity index is 516. The minimum Gasteiger partial charge on any atom is -0.307 e. The van der Waals surface area contributed by atoms with Gasteiger partial charge in [0.1, 0.15) is 0 Å². The number of hydrogen-bond donors (Lipinski definition) is 2. The highest BCUT2D eigenvalue weighted by atomic mass is 16.5. The lowest BCUT2D eigenvalue weighted by Crippen LogP contribution is -2.39. The Morgan fingerprint density at radius 3 is 2.76 bits per heavy atom. The molecule has 1 heterocycles. The average Bonchev–Trinajstić information content (AvgIpc) is 2.67. The van der Waals surface area contributed by atoms with Crippen molar-refractivity contribution in [3.05, 3.63) is 52.0 Å². The molecule has 0 atom stereocenters. The van der Waals surface area contributed by atoms with E-state index in [-0.39, 0.29) is 5.63 Å². The van der Waals surface area contributed by atoms with E-state index in [0.29, 0.717) is 12.2 Å². The van der Waals surface area contributed by atoms with E-state index in [0.717, 1.165) is 13.0 Å².